The van der Waals surface area contributed by atoms with Crippen LogP contribution in [0.1, 0.15) is 0 Å². The Hall–Kier alpha value is 0.899. The van der Waals surface area contributed by atoms with Crippen molar-refractivity contribution in [3.63, 3.8) is 0 Å². The molecule has 0 aliphatic rings. The summed E-state index contributed by atoms with van der Waals surface area (Å²) >= 11 is 0. The van der Waals surface area contributed by atoms with E-state index >= 15 is 0 Å². The van der Waals surface area contributed by atoms with Crippen LogP contribution in [0.15, 0.2) is 0 Å². The molecule has 58 valence electrons. The van der Waals surface area contributed by atoms with Gasteiger partial charge in [0.1, 0.15) is 0 Å². The van der Waals surface area contributed by atoms with Crippen molar-refractivity contribution in [2.75, 3.05) is 12.3 Å². The van der Waals surface area contributed by atoms with Gasteiger partial charge >= 0.3 is 0 Å². The van der Waals surface area contributed by atoms with Gasteiger partial charge < -0.3 is 9.79 Å². The second-order valence-electron chi connectivity index (χ2n) is 1.29. The standard InChI is InChI=1S/C2H8O4P2.Fe/c3-7(4)1-2-8(5)6;/h7-8H,1-2H2,(H,3,4)(H,5,6);. The third kappa shape index (κ3) is 12.2. The largest absolute Gasteiger partial charge is 0.346 e. The van der Waals surface area contributed by atoms with E-state index in [9.17, 15) is 9.13 Å². The molecule has 7 heteroatoms. The maximum atomic E-state index is 9.86. The molecule has 2 atom stereocenters. The molecule has 0 aromatic carbocycles. The van der Waals surface area contributed by atoms with E-state index in [1.54, 1.807) is 0 Å². The second kappa shape index (κ2) is 7.01. The van der Waals surface area contributed by atoms with Gasteiger partial charge in [-0.15, -0.1) is 0 Å². The van der Waals surface area contributed by atoms with Gasteiger partial charge in [-0.3, -0.25) is 9.13 Å². The zero-order chi connectivity index (χ0) is 6.57. The second-order valence-corrected chi connectivity index (χ2v) is 3.86. The van der Waals surface area contributed by atoms with E-state index in [4.69, 9.17) is 9.79 Å². The maximum absolute atomic E-state index is 9.86. The van der Waals surface area contributed by atoms with Gasteiger partial charge in [0.05, 0.1) is 0 Å². The monoisotopic (exact) mass is 214 g/mol. The Morgan fingerprint density at radius 3 is 1.33 bits per heavy atom. The van der Waals surface area contributed by atoms with Gasteiger partial charge in [0.25, 0.3) is 0 Å². The van der Waals surface area contributed by atoms with E-state index in [2.05, 4.69) is 0 Å². The van der Waals surface area contributed by atoms with Gasteiger partial charge in [-0.1, -0.05) is 0 Å². The average Bonchev–Trinajstić information content (AvgIpc) is 1.61. The Labute approximate surface area is 64.9 Å². The van der Waals surface area contributed by atoms with Crippen molar-refractivity contribution >= 4 is 16.1 Å². The molecule has 0 heterocycles. The molecule has 0 aromatic rings. The maximum Gasteiger partial charge on any atom is 0.189 e. The predicted octanol–water partition coefficient (Wildman–Crippen LogP) is -0.0821. The normalized spacial score (nSPS) is 15.8. The minimum atomic E-state index is -2.51. The molecule has 0 aliphatic heterocycles. The quantitative estimate of drug-likeness (QED) is 0.508. The van der Waals surface area contributed by atoms with Crippen molar-refractivity contribution in [1.82, 2.24) is 0 Å². The number of rotatable bonds is 3. The van der Waals surface area contributed by atoms with E-state index in [0.29, 0.717) is 0 Å². The Bertz CT molecular complexity index is 101. The molecule has 0 amide bonds. The van der Waals surface area contributed by atoms with E-state index in [1.807, 2.05) is 0 Å². The topological polar surface area (TPSA) is 74.6 Å². The molecular formula is C2H8FeO4P2. The summed E-state index contributed by atoms with van der Waals surface area (Å²) in [6.45, 7) is 0. The molecule has 2 N–H and O–H groups in total. The first-order valence-corrected chi connectivity index (χ1v) is 5.19. The smallest absolute Gasteiger partial charge is 0.189 e. The van der Waals surface area contributed by atoms with Gasteiger partial charge in [0.15, 0.2) is 16.1 Å². The third-order valence-corrected chi connectivity index (χ3v) is 2.41. The fourth-order valence-electron chi connectivity index (χ4n) is 0.214. The van der Waals surface area contributed by atoms with Crippen LogP contribution in [0.3, 0.4) is 0 Å². The number of hydrogen-bond acceptors (Lipinski definition) is 2. The SMILES string of the molecule is O=[PH](O)CC[PH](=O)O.[Fe]. The first kappa shape index (κ1) is 12.6. The summed E-state index contributed by atoms with van der Waals surface area (Å²) in [4.78, 5) is 16.2. The summed E-state index contributed by atoms with van der Waals surface area (Å²) in [6, 6.07) is 0. The van der Waals surface area contributed by atoms with E-state index in [-0.39, 0.29) is 29.4 Å². The van der Waals surface area contributed by atoms with E-state index < -0.39 is 16.1 Å². The van der Waals surface area contributed by atoms with Crippen molar-refractivity contribution in [2.45, 2.75) is 0 Å². The van der Waals surface area contributed by atoms with Crippen molar-refractivity contribution < 1.29 is 36.0 Å². The molecule has 0 aromatic heterocycles. The minimum Gasteiger partial charge on any atom is -0.346 e. The summed E-state index contributed by atoms with van der Waals surface area (Å²) in [5.41, 5.74) is 0. The van der Waals surface area contributed by atoms with Crippen molar-refractivity contribution in [3.05, 3.63) is 0 Å². The Morgan fingerprint density at radius 1 is 1.00 bits per heavy atom. The van der Waals surface area contributed by atoms with E-state index in [1.165, 1.54) is 0 Å². The molecule has 0 radical (unpaired) electrons. The van der Waals surface area contributed by atoms with Crippen LogP contribution in [0.2, 0.25) is 0 Å². The third-order valence-electron chi connectivity index (χ3n) is 0.553. The summed E-state index contributed by atoms with van der Waals surface area (Å²) in [7, 11) is -5.03. The molecule has 0 spiro atoms. The van der Waals surface area contributed by atoms with Gasteiger partial charge in [0, 0.05) is 29.4 Å². The first-order valence-electron chi connectivity index (χ1n) is 2.06. The van der Waals surface area contributed by atoms with Crippen LogP contribution in [0.5, 0.6) is 0 Å². The van der Waals surface area contributed by atoms with Gasteiger partial charge in [-0.05, 0) is 0 Å². The van der Waals surface area contributed by atoms with Crippen molar-refractivity contribution in [3.8, 4) is 0 Å². The van der Waals surface area contributed by atoms with Crippen LogP contribution in [0.4, 0.5) is 0 Å². The van der Waals surface area contributed by atoms with Crippen LogP contribution in [0, 0.1) is 0 Å². The van der Waals surface area contributed by atoms with Gasteiger partial charge in [-0.25, -0.2) is 0 Å². The molecule has 0 saturated carbocycles. The summed E-state index contributed by atoms with van der Waals surface area (Å²) in [5, 5.41) is 0. The number of hydrogen-bond donors (Lipinski definition) is 2. The Balaban J connectivity index is 0. The Morgan fingerprint density at radius 2 is 1.22 bits per heavy atom. The molecule has 0 rings (SSSR count). The molecule has 4 nitrogen and oxygen atoms in total. The zero-order valence-electron chi connectivity index (χ0n) is 4.48. The fraction of sp³-hybridized carbons (Fsp3) is 1.00. The predicted molar refractivity (Wildman–Crippen MR) is 32.2 cm³/mol. The molecule has 2 unspecified atom stereocenters. The van der Waals surface area contributed by atoms with Crippen LogP contribution in [0.25, 0.3) is 0 Å². The van der Waals surface area contributed by atoms with Gasteiger partial charge in [0.2, 0.25) is 0 Å². The summed E-state index contributed by atoms with van der Waals surface area (Å²) in [6.07, 6.45) is -0.0576. The zero-order valence-corrected chi connectivity index (χ0v) is 7.58. The van der Waals surface area contributed by atoms with Crippen LogP contribution in [-0.2, 0) is 26.2 Å². The van der Waals surface area contributed by atoms with Gasteiger partial charge in [-0.2, -0.15) is 0 Å². The van der Waals surface area contributed by atoms with Crippen LogP contribution >= 0.6 is 16.1 Å². The van der Waals surface area contributed by atoms with Crippen molar-refractivity contribution in [1.29, 1.82) is 0 Å². The first-order chi connectivity index (χ1) is 3.63. The minimum absolute atomic E-state index is 0. The van der Waals surface area contributed by atoms with Crippen molar-refractivity contribution in [2.24, 2.45) is 0 Å². The van der Waals surface area contributed by atoms with Crippen LogP contribution < -0.4 is 0 Å². The fourth-order valence-corrected chi connectivity index (χ4v) is 1.92. The van der Waals surface area contributed by atoms with E-state index in [0.717, 1.165) is 0 Å². The van der Waals surface area contributed by atoms with Crippen LogP contribution in [-0.4, -0.2) is 22.1 Å². The molecule has 0 aliphatic carbocycles. The average molecular weight is 214 g/mol. The Kier molecular flexibility index (Phi) is 9.79. The molecule has 0 fully saturated rings. The summed E-state index contributed by atoms with van der Waals surface area (Å²) in [5.74, 6) is 0. The summed E-state index contributed by atoms with van der Waals surface area (Å²) < 4.78 is 19.7. The molecular weight excluding hydrogens is 206 g/mol. The molecule has 9 heavy (non-hydrogen) atoms. The molecule has 0 saturated heterocycles. The molecule has 0 bridgehead atoms.